The Labute approximate surface area is 201 Å². The summed E-state index contributed by atoms with van der Waals surface area (Å²) in [6.45, 7) is 7.12. The van der Waals surface area contributed by atoms with Crippen molar-refractivity contribution in [2.24, 2.45) is 5.92 Å². The van der Waals surface area contributed by atoms with E-state index < -0.39 is 5.54 Å². The van der Waals surface area contributed by atoms with Crippen LogP contribution in [0.1, 0.15) is 44.4 Å². The van der Waals surface area contributed by atoms with Crippen LogP contribution in [0.2, 0.25) is 0 Å². The van der Waals surface area contributed by atoms with Gasteiger partial charge in [0.25, 0.3) is 0 Å². The molecule has 0 radical (unpaired) electrons. The van der Waals surface area contributed by atoms with Gasteiger partial charge in [0.15, 0.2) is 0 Å². The third kappa shape index (κ3) is 4.99. The lowest BCUT2D eigenvalue weighted by atomic mass is 9.75. The molecule has 2 saturated heterocycles. The minimum absolute atomic E-state index is 0.00667. The van der Waals surface area contributed by atoms with E-state index in [-0.39, 0.29) is 36.2 Å². The van der Waals surface area contributed by atoms with Gasteiger partial charge in [0.1, 0.15) is 0 Å². The highest BCUT2D eigenvalue weighted by Crippen LogP contribution is 2.47. The number of amides is 3. The first kappa shape index (κ1) is 24.0. The molecule has 2 aromatic carbocycles. The second-order valence-electron chi connectivity index (χ2n) is 9.54. The van der Waals surface area contributed by atoms with Gasteiger partial charge in [0.2, 0.25) is 17.7 Å². The maximum Gasteiger partial charge on any atom is 0.238 e. The van der Waals surface area contributed by atoms with E-state index in [1.54, 1.807) is 6.92 Å². The molecule has 7 nitrogen and oxygen atoms in total. The Kier molecular flexibility index (Phi) is 7.03. The van der Waals surface area contributed by atoms with Crippen LogP contribution in [0.3, 0.4) is 0 Å². The quantitative estimate of drug-likeness (QED) is 0.692. The van der Waals surface area contributed by atoms with Crippen LogP contribution >= 0.6 is 0 Å². The van der Waals surface area contributed by atoms with Crippen LogP contribution in [-0.4, -0.2) is 59.2 Å². The lowest BCUT2D eigenvalue weighted by molar-refractivity contribution is -0.130. The molecular formula is C27H34N4O3. The molecule has 2 aliphatic heterocycles. The summed E-state index contributed by atoms with van der Waals surface area (Å²) in [7, 11) is 0. The lowest BCUT2D eigenvalue weighted by Crippen LogP contribution is -2.64. The minimum atomic E-state index is -0.598. The number of nitrogens with one attached hydrogen (secondary N) is 2. The van der Waals surface area contributed by atoms with Crippen molar-refractivity contribution in [2.45, 2.75) is 45.2 Å². The van der Waals surface area contributed by atoms with Gasteiger partial charge < -0.3 is 15.5 Å². The summed E-state index contributed by atoms with van der Waals surface area (Å²) in [4.78, 5) is 41.7. The number of fused-ring (bicyclic) bond motifs is 1. The van der Waals surface area contributed by atoms with E-state index >= 15 is 0 Å². The number of rotatable bonds is 6. The molecule has 4 rings (SSSR count). The predicted octanol–water partition coefficient (Wildman–Crippen LogP) is 2.99. The lowest BCUT2D eigenvalue weighted by Gasteiger charge is -2.45. The third-order valence-electron chi connectivity index (χ3n) is 7.12. The molecule has 3 atom stereocenters. The summed E-state index contributed by atoms with van der Waals surface area (Å²) in [5, 5.41) is 6.18. The van der Waals surface area contributed by atoms with Crippen molar-refractivity contribution in [1.29, 1.82) is 0 Å². The second kappa shape index (κ2) is 9.97. The zero-order valence-corrected chi connectivity index (χ0v) is 20.2. The Morgan fingerprint density at radius 3 is 2.32 bits per heavy atom. The fourth-order valence-electron chi connectivity index (χ4n) is 5.69. The number of hydrogen-bond acceptors (Lipinski definition) is 4. The van der Waals surface area contributed by atoms with Crippen LogP contribution in [0, 0.1) is 5.92 Å². The second-order valence-corrected chi connectivity index (χ2v) is 9.54. The Hall–Kier alpha value is -3.19. The number of carbonyl (C=O) groups is 3. The maximum atomic E-state index is 12.8. The summed E-state index contributed by atoms with van der Waals surface area (Å²) in [5.74, 6) is -0.136. The van der Waals surface area contributed by atoms with Crippen LogP contribution in [-0.2, 0) is 20.8 Å². The molecule has 2 aromatic rings. The van der Waals surface area contributed by atoms with Gasteiger partial charge in [-0.15, -0.1) is 0 Å². The monoisotopic (exact) mass is 462 g/mol. The SMILES string of the molecule is CCc1ccc(NC(=O)CN2CC[C@@H]3[C@@H](c4ccccc4)N(C(C)=O)C[C@]3(NC(C)=O)C2)cc1. The first-order chi connectivity index (χ1) is 16.3. The number of aryl methyl sites for hydroxylation is 1. The van der Waals surface area contributed by atoms with Gasteiger partial charge in [0, 0.05) is 38.5 Å². The number of carbonyl (C=O) groups excluding carboxylic acids is 3. The molecule has 34 heavy (non-hydrogen) atoms. The van der Waals surface area contributed by atoms with Gasteiger partial charge in [-0.1, -0.05) is 49.4 Å². The number of benzene rings is 2. The number of piperidine rings is 1. The zero-order chi connectivity index (χ0) is 24.3. The molecule has 2 fully saturated rings. The van der Waals surface area contributed by atoms with E-state index in [0.29, 0.717) is 13.1 Å². The smallest absolute Gasteiger partial charge is 0.238 e. The van der Waals surface area contributed by atoms with Crippen molar-refractivity contribution in [1.82, 2.24) is 15.1 Å². The Morgan fingerprint density at radius 2 is 1.71 bits per heavy atom. The van der Waals surface area contributed by atoms with Crippen molar-refractivity contribution in [3.05, 3.63) is 65.7 Å². The highest BCUT2D eigenvalue weighted by atomic mass is 16.2. The van der Waals surface area contributed by atoms with Crippen molar-refractivity contribution < 1.29 is 14.4 Å². The molecule has 0 spiro atoms. The fraction of sp³-hybridized carbons (Fsp3) is 0.444. The maximum absolute atomic E-state index is 12.8. The van der Waals surface area contributed by atoms with Crippen LogP contribution < -0.4 is 10.6 Å². The van der Waals surface area contributed by atoms with Gasteiger partial charge in [-0.2, -0.15) is 0 Å². The predicted molar refractivity (Wildman–Crippen MR) is 132 cm³/mol. The zero-order valence-electron chi connectivity index (χ0n) is 20.2. The van der Waals surface area contributed by atoms with Crippen molar-refractivity contribution in [2.75, 3.05) is 31.5 Å². The van der Waals surface area contributed by atoms with Crippen molar-refractivity contribution in [3.63, 3.8) is 0 Å². The normalized spacial score (nSPS) is 24.4. The summed E-state index contributed by atoms with van der Waals surface area (Å²) in [5.41, 5.74) is 2.49. The third-order valence-corrected chi connectivity index (χ3v) is 7.12. The average Bonchev–Trinajstić information content (AvgIpc) is 3.14. The van der Waals surface area contributed by atoms with E-state index in [2.05, 4.69) is 22.5 Å². The summed E-state index contributed by atoms with van der Waals surface area (Å²) in [6, 6.07) is 17.8. The number of likely N-dealkylation sites (tertiary alicyclic amines) is 2. The van der Waals surface area contributed by atoms with Crippen LogP contribution in [0.25, 0.3) is 0 Å². The van der Waals surface area contributed by atoms with E-state index in [1.165, 1.54) is 12.5 Å². The first-order valence-electron chi connectivity index (χ1n) is 12.0. The number of hydrogen-bond donors (Lipinski definition) is 2. The van der Waals surface area contributed by atoms with Gasteiger partial charge in [-0.3, -0.25) is 19.3 Å². The minimum Gasteiger partial charge on any atom is -0.347 e. The molecule has 2 N–H and O–H groups in total. The standard InChI is InChI=1S/C27H34N4O3/c1-4-21-10-12-23(13-11-21)28-25(34)16-30-15-14-24-26(22-8-6-5-7-9-22)31(20(3)33)18-27(24,17-30)29-19(2)32/h5-13,24,26H,4,14-18H2,1-3H3,(H,28,34)(H,29,32)/t24-,26-,27-/m1/s1. The summed E-state index contributed by atoms with van der Waals surface area (Å²) < 4.78 is 0. The Balaban J connectivity index is 1.53. The van der Waals surface area contributed by atoms with Gasteiger partial charge in [0.05, 0.1) is 18.1 Å². The van der Waals surface area contributed by atoms with E-state index in [9.17, 15) is 14.4 Å². The van der Waals surface area contributed by atoms with Crippen molar-refractivity contribution in [3.8, 4) is 0 Å². The van der Waals surface area contributed by atoms with Gasteiger partial charge in [-0.05, 0) is 42.6 Å². The highest BCUT2D eigenvalue weighted by molar-refractivity contribution is 5.92. The molecule has 0 aliphatic carbocycles. The van der Waals surface area contributed by atoms with Crippen molar-refractivity contribution >= 4 is 23.4 Å². The molecule has 7 heteroatoms. The van der Waals surface area contributed by atoms with Gasteiger partial charge in [-0.25, -0.2) is 0 Å². The molecular weight excluding hydrogens is 428 g/mol. The van der Waals surface area contributed by atoms with Crippen LogP contribution in [0.5, 0.6) is 0 Å². The van der Waals surface area contributed by atoms with Crippen LogP contribution in [0.4, 0.5) is 5.69 Å². The Morgan fingerprint density at radius 1 is 1.00 bits per heavy atom. The highest BCUT2D eigenvalue weighted by Gasteiger charge is 2.56. The van der Waals surface area contributed by atoms with Gasteiger partial charge >= 0.3 is 0 Å². The fourth-order valence-corrected chi connectivity index (χ4v) is 5.69. The molecule has 0 aromatic heterocycles. The molecule has 0 unspecified atom stereocenters. The summed E-state index contributed by atoms with van der Waals surface area (Å²) in [6.07, 6.45) is 1.73. The molecule has 3 amide bonds. The van der Waals surface area contributed by atoms with Crippen LogP contribution in [0.15, 0.2) is 54.6 Å². The average molecular weight is 463 g/mol. The molecule has 0 saturated carbocycles. The topological polar surface area (TPSA) is 81.8 Å². The molecule has 2 heterocycles. The first-order valence-corrected chi connectivity index (χ1v) is 12.0. The number of nitrogens with zero attached hydrogens (tertiary/aromatic N) is 2. The van der Waals surface area contributed by atoms with E-state index in [1.807, 2.05) is 59.5 Å². The molecule has 180 valence electrons. The summed E-state index contributed by atoms with van der Waals surface area (Å²) >= 11 is 0. The van der Waals surface area contributed by atoms with E-state index in [4.69, 9.17) is 0 Å². The largest absolute Gasteiger partial charge is 0.347 e. The molecule has 0 bridgehead atoms. The van der Waals surface area contributed by atoms with E-state index in [0.717, 1.165) is 30.6 Å². The number of anilines is 1. The Bertz CT molecular complexity index is 1040. The molecule has 2 aliphatic rings.